The number of carbonyl (C=O) groups is 1. The Morgan fingerprint density at radius 1 is 1.30 bits per heavy atom. The van der Waals surface area contributed by atoms with E-state index in [4.69, 9.17) is 14.0 Å². The Hall–Kier alpha value is -2.19. The average molecular weight is 395 g/mol. The molecule has 23 heavy (non-hydrogen) atoms. The van der Waals surface area contributed by atoms with Gasteiger partial charge in [0, 0.05) is 0 Å². The first-order chi connectivity index (χ1) is 11.2. The molecule has 0 atom stereocenters. The van der Waals surface area contributed by atoms with Crippen LogP contribution in [-0.2, 0) is 11.3 Å². The van der Waals surface area contributed by atoms with Crippen molar-refractivity contribution in [1.29, 1.82) is 0 Å². The summed E-state index contributed by atoms with van der Waals surface area (Å²) in [6, 6.07) is 10.8. The SMILES string of the molecule is COc1ccccc1-c1noc(COC(=O)c2ccc(Br)s2)n1. The maximum Gasteiger partial charge on any atom is 0.348 e. The molecule has 0 aliphatic rings. The standard InChI is InChI=1S/C15H11BrN2O4S/c1-20-10-5-3-2-4-9(10)14-17-13(22-18-14)8-21-15(19)11-6-7-12(16)23-11/h2-7H,8H2,1H3. The lowest BCUT2D eigenvalue weighted by Crippen LogP contribution is -2.03. The fourth-order valence-electron chi connectivity index (χ4n) is 1.87. The Bertz CT molecular complexity index is 830. The topological polar surface area (TPSA) is 74.5 Å². The van der Waals surface area contributed by atoms with E-state index in [0.717, 1.165) is 3.79 Å². The van der Waals surface area contributed by atoms with E-state index in [-0.39, 0.29) is 12.5 Å². The molecule has 3 aromatic rings. The van der Waals surface area contributed by atoms with Crippen molar-refractivity contribution in [2.45, 2.75) is 6.61 Å². The van der Waals surface area contributed by atoms with E-state index in [2.05, 4.69) is 26.1 Å². The van der Waals surface area contributed by atoms with Crippen molar-refractivity contribution in [3.63, 3.8) is 0 Å². The summed E-state index contributed by atoms with van der Waals surface area (Å²) in [6.07, 6.45) is 0. The molecule has 0 fully saturated rings. The number of thiophene rings is 1. The molecule has 0 saturated carbocycles. The van der Waals surface area contributed by atoms with E-state index in [9.17, 15) is 4.79 Å². The van der Waals surface area contributed by atoms with Gasteiger partial charge in [0.1, 0.15) is 10.6 Å². The molecule has 0 spiro atoms. The third kappa shape index (κ3) is 3.59. The Morgan fingerprint density at radius 3 is 2.87 bits per heavy atom. The van der Waals surface area contributed by atoms with Crippen LogP contribution in [0.2, 0.25) is 0 Å². The van der Waals surface area contributed by atoms with Crippen LogP contribution in [0.1, 0.15) is 15.6 Å². The van der Waals surface area contributed by atoms with E-state index in [1.807, 2.05) is 18.2 Å². The van der Waals surface area contributed by atoms with Crippen molar-refractivity contribution >= 4 is 33.2 Å². The van der Waals surface area contributed by atoms with Crippen LogP contribution in [0.3, 0.4) is 0 Å². The van der Waals surface area contributed by atoms with Crippen LogP contribution in [0.4, 0.5) is 0 Å². The quantitative estimate of drug-likeness (QED) is 0.610. The minimum absolute atomic E-state index is 0.0868. The Morgan fingerprint density at radius 2 is 2.13 bits per heavy atom. The molecule has 0 amide bonds. The molecule has 0 bridgehead atoms. The first kappa shape index (κ1) is 15.7. The summed E-state index contributed by atoms with van der Waals surface area (Å²) < 4.78 is 16.4. The van der Waals surface area contributed by atoms with Gasteiger partial charge in [-0.2, -0.15) is 4.98 Å². The maximum absolute atomic E-state index is 11.9. The fraction of sp³-hybridized carbons (Fsp3) is 0.133. The van der Waals surface area contributed by atoms with Crippen LogP contribution in [-0.4, -0.2) is 23.2 Å². The van der Waals surface area contributed by atoms with Crippen molar-refractivity contribution in [2.75, 3.05) is 7.11 Å². The minimum atomic E-state index is -0.433. The van der Waals surface area contributed by atoms with Gasteiger partial charge in [-0.05, 0) is 40.2 Å². The van der Waals surface area contributed by atoms with Crippen molar-refractivity contribution < 1.29 is 18.8 Å². The molecule has 0 unspecified atom stereocenters. The maximum atomic E-state index is 11.9. The van der Waals surface area contributed by atoms with Crippen molar-refractivity contribution in [2.24, 2.45) is 0 Å². The highest BCUT2D eigenvalue weighted by atomic mass is 79.9. The van der Waals surface area contributed by atoms with E-state index in [1.54, 1.807) is 25.3 Å². The third-order valence-electron chi connectivity index (χ3n) is 2.92. The minimum Gasteiger partial charge on any atom is -0.496 e. The fourth-order valence-corrected chi connectivity index (χ4v) is 3.15. The number of rotatable bonds is 5. The molecule has 0 aliphatic carbocycles. The Kier molecular flexibility index (Phi) is 4.73. The van der Waals surface area contributed by atoms with E-state index < -0.39 is 5.97 Å². The molecule has 1 aromatic carbocycles. The van der Waals surface area contributed by atoms with Gasteiger partial charge in [-0.15, -0.1) is 11.3 Å². The molecular weight excluding hydrogens is 384 g/mol. The van der Waals surface area contributed by atoms with Crippen molar-refractivity contribution in [3.8, 4) is 17.1 Å². The van der Waals surface area contributed by atoms with Gasteiger partial charge in [0.25, 0.3) is 5.89 Å². The average Bonchev–Trinajstić information content (AvgIpc) is 3.21. The molecule has 2 aromatic heterocycles. The normalized spacial score (nSPS) is 10.5. The summed E-state index contributed by atoms with van der Waals surface area (Å²) in [5.74, 6) is 0.806. The summed E-state index contributed by atoms with van der Waals surface area (Å²) in [7, 11) is 1.57. The van der Waals surface area contributed by atoms with Gasteiger partial charge in [0.15, 0.2) is 6.61 Å². The van der Waals surface area contributed by atoms with Gasteiger partial charge in [-0.25, -0.2) is 4.79 Å². The first-order valence-electron chi connectivity index (χ1n) is 6.56. The summed E-state index contributed by atoms with van der Waals surface area (Å²) >= 11 is 4.59. The van der Waals surface area contributed by atoms with E-state index in [0.29, 0.717) is 22.0 Å². The second-order valence-electron chi connectivity index (χ2n) is 4.39. The number of hydrogen-bond acceptors (Lipinski definition) is 7. The highest BCUT2D eigenvalue weighted by Gasteiger charge is 2.15. The van der Waals surface area contributed by atoms with Crippen LogP contribution in [0.15, 0.2) is 44.7 Å². The van der Waals surface area contributed by atoms with Gasteiger partial charge in [0.05, 0.1) is 16.5 Å². The number of ether oxygens (including phenoxy) is 2. The van der Waals surface area contributed by atoms with E-state index in [1.165, 1.54) is 11.3 Å². The number of para-hydroxylation sites is 1. The highest BCUT2D eigenvalue weighted by molar-refractivity contribution is 9.11. The molecule has 0 N–H and O–H groups in total. The van der Waals surface area contributed by atoms with Crippen molar-refractivity contribution in [3.05, 3.63) is 51.0 Å². The summed E-state index contributed by atoms with van der Waals surface area (Å²) in [6.45, 7) is -0.0868. The number of esters is 1. The highest BCUT2D eigenvalue weighted by Crippen LogP contribution is 2.27. The lowest BCUT2D eigenvalue weighted by molar-refractivity contribution is 0.0435. The van der Waals surface area contributed by atoms with Gasteiger partial charge in [-0.3, -0.25) is 0 Å². The molecule has 8 heteroatoms. The zero-order valence-electron chi connectivity index (χ0n) is 12.0. The van der Waals surface area contributed by atoms with Crippen LogP contribution in [0.5, 0.6) is 5.75 Å². The summed E-state index contributed by atoms with van der Waals surface area (Å²) in [5.41, 5.74) is 0.707. The lowest BCUT2D eigenvalue weighted by Gasteiger charge is -2.03. The van der Waals surface area contributed by atoms with Gasteiger partial charge >= 0.3 is 5.97 Å². The van der Waals surface area contributed by atoms with Gasteiger partial charge in [-0.1, -0.05) is 17.3 Å². The number of halogens is 1. The van der Waals surface area contributed by atoms with Crippen molar-refractivity contribution in [1.82, 2.24) is 10.1 Å². The molecule has 3 rings (SSSR count). The zero-order chi connectivity index (χ0) is 16.2. The van der Waals surface area contributed by atoms with Gasteiger partial charge < -0.3 is 14.0 Å². The summed E-state index contributed by atoms with van der Waals surface area (Å²) in [4.78, 5) is 16.6. The number of hydrogen-bond donors (Lipinski definition) is 0. The largest absolute Gasteiger partial charge is 0.496 e. The number of benzene rings is 1. The molecule has 6 nitrogen and oxygen atoms in total. The van der Waals surface area contributed by atoms with Crippen LogP contribution >= 0.6 is 27.3 Å². The van der Waals surface area contributed by atoms with E-state index >= 15 is 0 Å². The lowest BCUT2D eigenvalue weighted by atomic mass is 10.2. The predicted molar refractivity (Wildman–Crippen MR) is 87.4 cm³/mol. The molecule has 0 aliphatic heterocycles. The monoisotopic (exact) mass is 394 g/mol. The Labute approximate surface area is 144 Å². The van der Waals surface area contributed by atoms with Gasteiger partial charge in [0.2, 0.25) is 5.82 Å². The smallest absolute Gasteiger partial charge is 0.348 e. The second kappa shape index (κ2) is 6.93. The second-order valence-corrected chi connectivity index (χ2v) is 6.85. The Balaban J connectivity index is 1.69. The zero-order valence-corrected chi connectivity index (χ0v) is 14.4. The van der Waals surface area contributed by atoms with Crippen LogP contribution in [0.25, 0.3) is 11.4 Å². The number of nitrogens with zero attached hydrogens (tertiary/aromatic N) is 2. The first-order valence-corrected chi connectivity index (χ1v) is 8.17. The number of aromatic nitrogens is 2. The van der Waals surface area contributed by atoms with Crippen LogP contribution < -0.4 is 4.74 Å². The predicted octanol–water partition coefficient (Wildman–Crippen LogP) is 3.93. The molecule has 0 radical (unpaired) electrons. The van der Waals surface area contributed by atoms with Crippen LogP contribution in [0, 0.1) is 0 Å². The number of methoxy groups -OCH3 is 1. The molecule has 2 heterocycles. The molecule has 118 valence electrons. The molecular formula is C15H11BrN2O4S. The third-order valence-corrected chi connectivity index (χ3v) is 4.52. The number of carbonyl (C=O) groups excluding carboxylic acids is 1. The molecule has 0 saturated heterocycles. The summed E-state index contributed by atoms with van der Waals surface area (Å²) in [5, 5.41) is 3.89.